The van der Waals surface area contributed by atoms with Gasteiger partial charge in [0.1, 0.15) is 18.6 Å². The van der Waals surface area contributed by atoms with Crippen molar-refractivity contribution in [3.8, 4) is 0 Å². The molecule has 122 valence electrons. The van der Waals surface area contributed by atoms with Gasteiger partial charge in [-0.25, -0.2) is 14.4 Å². The van der Waals surface area contributed by atoms with Crippen LogP contribution in [0.5, 0.6) is 0 Å². The Morgan fingerprint density at radius 1 is 1.00 bits per heavy atom. The fourth-order valence-corrected chi connectivity index (χ4v) is 1.23. The van der Waals surface area contributed by atoms with Gasteiger partial charge < -0.3 is 19.3 Å². The van der Waals surface area contributed by atoms with Crippen molar-refractivity contribution in [3.05, 3.63) is 38.0 Å². The molecule has 22 heavy (non-hydrogen) atoms. The second-order valence-corrected chi connectivity index (χ2v) is 4.21. The number of ether oxygens (including phenoxy) is 3. The molecule has 0 amide bonds. The third-order valence-corrected chi connectivity index (χ3v) is 2.67. The van der Waals surface area contributed by atoms with Gasteiger partial charge in [-0.05, 0) is 0 Å². The molecular formula is C14H19NO7. The van der Waals surface area contributed by atoms with E-state index in [9.17, 15) is 19.5 Å². The van der Waals surface area contributed by atoms with Crippen LogP contribution in [0.1, 0.15) is 0 Å². The molecule has 0 heterocycles. The van der Waals surface area contributed by atoms with Crippen LogP contribution in [0, 0.1) is 5.41 Å². The highest BCUT2D eigenvalue weighted by atomic mass is 16.6. The summed E-state index contributed by atoms with van der Waals surface area (Å²) in [4.78, 5) is 33.5. The van der Waals surface area contributed by atoms with Gasteiger partial charge in [0.25, 0.3) is 0 Å². The number of rotatable bonds is 10. The predicted molar refractivity (Wildman–Crippen MR) is 76.1 cm³/mol. The van der Waals surface area contributed by atoms with Crippen molar-refractivity contribution in [1.82, 2.24) is 0 Å². The number of esters is 3. The van der Waals surface area contributed by atoms with Gasteiger partial charge in [-0.15, -0.1) is 0 Å². The van der Waals surface area contributed by atoms with Crippen LogP contribution in [0.25, 0.3) is 0 Å². The Kier molecular flexibility index (Phi) is 8.42. The van der Waals surface area contributed by atoms with Gasteiger partial charge in [0.15, 0.2) is 6.23 Å². The van der Waals surface area contributed by atoms with Crippen LogP contribution in [0.3, 0.4) is 0 Å². The molecule has 3 N–H and O–H groups in total. The molecule has 0 aromatic carbocycles. The van der Waals surface area contributed by atoms with Gasteiger partial charge in [0.05, 0.1) is 6.61 Å². The predicted octanol–water partition coefficient (Wildman–Crippen LogP) is -0.562. The smallest absolute Gasteiger partial charge is 0.331 e. The van der Waals surface area contributed by atoms with Gasteiger partial charge in [-0.1, -0.05) is 19.7 Å². The van der Waals surface area contributed by atoms with Crippen LogP contribution in [-0.4, -0.2) is 49.1 Å². The standard InChI is InChI=1S/C14H19NO7/c1-4-10(17)20-8-14(7-16,9-21-11(18)5-2)13(15)22-12(19)6-3/h4-6,13,16H,1-3,7-9,15H2. The fourth-order valence-electron chi connectivity index (χ4n) is 1.23. The molecule has 0 saturated carbocycles. The molecule has 0 aromatic heterocycles. The summed E-state index contributed by atoms with van der Waals surface area (Å²) < 4.78 is 14.5. The van der Waals surface area contributed by atoms with Crippen molar-refractivity contribution in [2.75, 3.05) is 19.8 Å². The monoisotopic (exact) mass is 313 g/mol. The lowest BCUT2D eigenvalue weighted by molar-refractivity contribution is -0.171. The minimum atomic E-state index is -1.55. The van der Waals surface area contributed by atoms with E-state index in [4.69, 9.17) is 19.9 Å². The summed E-state index contributed by atoms with van der Waals surface area (Å²) in [6, 6.07) is 0. The molecule has 0 bridgehead atoms. The van der Waals surface area contributed by atoms with E-state index in [0.29, 0.717) is 0 Å². The first-order chi connectivity index (χ1) is 10.3. The molecule has 0 saturated heterocycles. The Balaban J connectivity index is 5.18. The first kappa shape index (κ1) is 19.6. The van der Waals surface area contributed by atoms with E-state index >= 15 is 0 Å². The van der Waals surface area contributed by atoms with E-state index in [1.54, 1.807) is 0 Å². The summed E-state index contributed by atoms with van der Waals surface area (Å²) in [6.07, 6.45) is 1.25. The minimum absolute atomic E-state index is 0.468. The van der Waals surface area contributed by atoms with Gasteiger partial charge in [-0.3, -0.25) is 5.73 Å². The summed E-state index contributed by atoms with van der Waals surface area (Å²) >= 11 is 0. The number of hydrogen-bond donors (Lipinski definition) is 2. The van der Waals surface area contributed by atoms with Crippen LogP contribution in [0.15, 0.2) is 38.0 Å². The molecule has 0 aromatic rings. The average Bonchev–Trinajstić information content (AvgIpc) is 2.54. The largest absolute Gasteiger partial charge is 0.462 e. The van der Waals surface area contributed by atoms with Crippen LogP contribution in [-0.2, 0) is 28.6 Å². The Hall–Kier alpha value is -2.45. The zero-order valence-corrected chi connectivity index (χ0v) is 12.0. The summed E-state index contributed by atoms with van der Waals surface area (Å²) in [7, 11) is 0. The molecule has 0 aliphatic carbocycles. The first-order valence-electron chi connectivity index (χ1n) is 6.13. The second-order valence-electron chi connectivity index (χ2n) is 4.21. The molecule has 0 aliphatic heterocycles. The maximum atomic E-state index is 11.2. The maximum Gasteiger partial charge on any atom is 0.331 e. The number of aliphatic hydroxyl groups is 1. The molecule has 0 rings (SSSR count). The summed E-state index contributed by atoms with van der Waals surface area (Å²) in [5.41, 5.74) is 4.16. The molecule has 1 atom stereocenters. The van der Waals surface area contributed by atoms with Crippen LogP contribution < -0.4 is 5.73 Å². The number of nitrogens with two attached hydrogens (primary N) is 1. The molecule has 1 unspecified atom stereocenters. The zero-order chi connectivity index (χ0) is 17.2. The fraction of sp³-hybridized carbons (Fsp3) is 0.357. The Bertz CT molecular complexity index is 434. The van der Waals surface area contributed by atoms with Crippen molar-refractivity contribution in [3.63, 3.8) is 0 Å². The quantitative estimate of drug-likeness (QED) is 0.238. The minimum Gasteiger partial charge on any atom is -0.462 e. The number of aliphatic hydroxyl groups excluding tert-OH is 1. The average molecular weight is 313 g/mol. The Labute approximate surface area is 127 Å². The molecule has 0 aliphatic rings. The van der Waals surface area contributed by atoms with E-state index in [-0.39, 0.29) is 0 Å². The highest BCUT2D eigenvalue weighted by Gasteiger charge is 2.42. The lowest BCUT2D eigenvalue weighted by Gasteiger charge is -2.34. The van der Waals surface area contributed by atoms with Crippen molar-refractivity contribution in [1.29, 1.82) is 0 Å². The number of hydrogen-bond acceptors (Lipinski definition) is 8. The van der Waals surface area contributed by atoms with Gasteiger partial charge in [0, 0.05) is 18.2 Å². The van der Waals surface area contributed by atoms with Gasteiger partial charge >= 0.3 is 17.9 Å². The topological polar surface area (TPSA) is 125 Å². The van der Waals surface area contributed by atoms with E-state index in [1.807, 2.05) is 0 Å². The molecule has 0 spiro atoms. The SMILES string of the molecule is C=CC(=O)OCC(CO)(COC(=O)C=C)C(N)OC(=O)C=C. The summed E-state index contributed by atoms with van der Waals surface area (Å²) in [5, 5.41) is 9.57. The van der Waals surface area contributed by atoms with E-state index in [0.717, 1.165) is 18.2 Å². The van der Waals surface area contributed by atoms with Crippen molar-refractivity contribution in [2.45, 2.75) is 6.23 Å². The van der Waals surface area contributed by atoms with E-state index < -0.39 is 49.4 Å². The van der Waals surface area contributed by atoms with Crippen LogP contribution in [0.4, 0.5) is 0 Å². The van der Waals surface area contributed by atoms with Crippen molar-refractivity contribution in [2.24, 2.45) is 11.1 Å². The second kappa shape index (κ2) is 9.48. The normalized spacial score (nSPS) is 11.7. The lowest BCUT2D eigenvalue weighted by atomic mass is 9.89. The number of carbonyl (C=O) groups is 3. The third kappa shape index (κ3) is 5.90. The van der Waals surface area contributed by atoms with E-state index in [2.05, 4.69) is 19.7 Å². The van der Waals surface area contributed by atoms with E-state index in [1.165, 1.54) is 0 Å². The highest BCUT2D eigenvalue weighted by molar-refractivity contribution is 5.82. The zero-order valence-electron chi connectivity index (χ0n) is 12.0. The van der Waals surface area contributed by atoms with Gasteiger partial charge in [-0.2, -0.15) is 0 Å². The number of carbonyl (C=O) groups excluding carboxylic acids is 3. The molecule has 0 radical (unpaired) electrons. The van der Waals surface area contributed by atoms with Gasteiger partial charge in [0.2, 0.25) is 0 Å². The van der Waals surface area contributed by atoms with Crippen LogP contribution >= 0.6 is 0 Å². The summed E-state index contributed by atoms with van der Waals surface area (Å²) in [6.45, 7) is 8.01. The van der Waals surface area contributed by atoms with Crippen LogP contribution in [0.2, 0.25) is 0 Å². The molecule has 8 heteroatoms. The highest BCUT2D eigenvalue weighted by Crippen LogP contribution is 2.23. The lowest BCUT2D eigenvalue weighted by Crippen LogP contribution is -2.53. The summed E-state index contributed by atoms with van der Waals surface area (Å²) in [5.74, 6) is -2.42. The maximum absolute atomic E-state index is 11.2. The first-order valence-corrected chi connectivity index (χ1v) is 6.13. The third-order valence-electron chi connectivity index (χ3n) is 2.67. The molecule has 0 fully saturated rings. The van der Waals surface area contributed by atoms with Crippen molar-refractivity contribution < 1.29 is 33.7 Å². The molecular weight excluding hydrogens is 294 g/mol. The molecule has 8 nitrogen and oxygen atoms in total. The van der Waals surface area contributed by atoms with Crippen molar-refractivity contribution >= 4 is 17.9 Å². The Morgan fingerprint density at radius 3 is 1.73 bits per heavy atom. The Morgan fingerprint density at radius 2 is 1.41 bits per heavy atom.